The summed E-state index contributed by atoms with van der Waals surface area (Å²) in [4.78, 5) is 7.14. The number of anilines is 1. The van der Waals surface area contributed by atoms with Crippen LogP contribution in [0.2, 0.25) is 0 Å². The first-order valence-electron chi connectivity index (χ1n) is 9.88. The van der Waals surface area contributed by atoms with E-state index in [-0.39, 0.29) is 24.0 Å². The van der Waals surface area contributed by atoms with Crippen LogP contribution in [0.3, 0.4) is 0 Å². The number of nitrogens with zero attached hydrogens (tertiary/aromatic N) is 4. The lowest BCUT2D eigenvalue weighted by molar-refractivity contribution is 0.709. The van der Waals surface area contributed by atoms with Crippen LogP contribution in [-0.4, -0.2) is 41.9 Å². The predicted octanol–water partition coefficient (Wildman–Crippen LogP) is 3.63. The summed E-state index contributed by atoms with van der Waals surface area (Å²) in [6.07, 6.45) is 1.05. The number of nitrogens with one attached hydrogen (secondary N) is 2. The minimum absolute atomic E-state index is 0. The van der Waals surface area contributed by atoms with E-state index >= 15 is 0 Å². The molecule has 1 aromatic carbocycles. The fourth-order valence-corrected chi connectivity index (χ4v) is 3.13. The Kier molecular flexibility index (Phi) is 11.0. The number of hydrogen-bond acceptors (Lipinski definition) is 3. The third-order valence-electron chi connectivity index (χ3n) is 4.80. The van der Waals surface area contributed by atoms with Gasteiger partial charge in [0.15, 0.2) is 5.96 Å². The Morgan fingerprint density at radius 1 is 1.14 bits per heavy atom. The zero-order valence-corrected chi connectivity index (χ0v) is 20.2. The molecule has 0 spiro atoms. The number of benzene rings is 1. The summed E-state index contributed by atoms with van der Waals surface area (Å²) >= 11 is 0. The number of halogens is 1. The maximum atomic E-state index is 4.74. The van der Waals surface area contributed by atoms with Crippen molar-refractivity contribution in [1.29, 1.82) is 0 Å². The quantitative estimate of drug-likeness (QED) is 0.240. The van der Waals surface area contributed by atoms with E-state index in [9.17, 15) is 0 Å². The number of para-hydroxylation sites is 1. The van der Waals surface area contributed by atoms with Crippen molar-refractivity contribution in [3.05, 3.63) is 47.3 Å². The Morgan fingerprint density at radius 2 is 1.86 bits per heavy atom. The lowest BCUT2D eigenvalue weighted by atomic mass is 10.2. The molecule has 0 unspecified atom stereocenters. The Hall–Kier alpha value is -1.77. The second kappa shape index (κ2) is 12.6. The van der Waals surface area contributed by atoms with Crippen LogP contribution < -0.4 is 15.5 Å². The molecule has 2 aromatic rings. The number of aryl methyl sites for hydroxylation is 2. The second-order valence-electron chi connectivity index (χ2n) is 6.66. The van der Waals surface area contributed by atoms with Crippen molar-refractivity contribution < 1.29 is 0 Å². The van der Waals surface area contributed by atoms with E-state index < -0.39 is 0 Å². The van der Waals surface area contributed by atoms with Crippen LogP contribution in [0.15, 0.2) is 35.3 Å². The maximum absolute atomic E-state index is 4.74. The molecular formula is C21H35IN6. The zero-order chi connectivity index (χ0) is 19.6. The molecule has 0 saturated carbocycles. The van der Waals surface area contributed by atoms with Gasteiger partial charge in [0.25, 0.3) is 0 Å². The van der Waals surface area contributed by atoms with Crippen LogP contribution in [0, 0.1) is 13.8 Å². The fraction of sp³-hybridized carbons (Fsp3) is 0.524. The summed E-state index contributed by atoms with van der Waals surface area (Å²) in [6, 6.07) is 10.6. The van der Waals surface area contributed by atoms with Crippen LogP contribution in [0.5, 0.6) is 0 Å². The molecule has 7 heteroatoms. The fourth-order valence-electron chi connectivity index (χ4n) is 3.13. The minimum Gasteiger partial charge on any atom is -0.372 e. The summed E-state index contributed by atoms with van der Waals surface area (Å²) in [5.41, 5.74) is 4.71. The lowest BCUT2D eigenvalue weighted by Crippen LogP contribution is -2.38. The molecule has 1 heterocycles. The van der Waals surface area contributed by atoms with Crippen molar-refractivity contribution in [3.8, 4) is 0 Å². The van der Waals surface area contributed by atoms with Crippen LogP contribution in [0.25, 0.3) is 0 Å². The first kappa shape index (κ1) is 24.3. The predicted molar refractivity (Wildman–Crippen MR) is 130 cm³/mol. The highest BCUT2D eigenvalue weighted by atomic mass is 127. The summed E-state index contributed by atoms with van der Waals surface area (Å²) in [7, 11) is 1.98. The molecule has 1 aromatic heterocycles. The number of hydrogen-bond donors (Lipinski definition) is 2. The van der Waals surface area contributed by atoms with Crippen molar-refractivity contribution in [2.75, 3.05) is 31.1 Å². The highest BCUT2D eigenvalue weighted by molar-refractivity contribution is 14.0. The molecule has 0 atom stereocenters. The van der Waals surface area contributed by atoms with Crippen LogP contribution in [0.1, 0.15) is 37.2 Å². The van der Waals surface area contributed by atoms with Crippen molar-refractivity contribution in [2.45, 2.75) is 40.7 Å². The van der Waals surface area contributed by atoms with Gasteiger partial charge in [0.05, 0.1) is 12.2 Å². The van der Waals surface area contributed by atoms with Gasteiger partial charge < -0.3 is 15.5 Å². The first-order valence-corrected chi connectivity index (χ1v) is 9.88. The smallest absolute Gasteiger partial charge is 0.191 e. The van der Waals surface area contributed by atoms with E-state index in [4.69, 9.17) is 4.99 Å². The van der Waals surface area contributed by atoms with Gasteiger partial charge in [0.2, 0.25) is 0 Å². The average Bonchev–Trinajstić information content (AvgIpc) is 2.92. The Labute approximate surface area is 186 Å². The number of rotatable bonds is 9. The Bertz CT molecular complexity index is 726. The average molecular weight is 498 g/mol. The molecule has 6 nitrogen and oxygen atoms in total. The monoisotopic (exact) mass is 498 g/mol. The van der Waals surface area contributed by atoms with E-state index in [1.807, 2.05) is 18.7 Å². The standard InChI is InChI=1S/C21H34N6.HI/c1-6-22-21(24-16-20-17(3)25-26(5)18(20)4)23-14-11-15-27(7-2)19-12-9-8-10-13-19;/h8-10,12-13H,6-7,11,14-16H2,1-5H3,(H2,22,23,24);1H. The lowest BCUT2D eigenvalue weighted by Gasteiger charge is -2.23. The molecule has 0 fully saturated rings. The van der Waals surface area contributed by atoms with Gasteiger partial charge in [-0.05, 0) is 46.2 Å². The third-order valence-corrected chi connectivity index (χ3v) is 4.80. The minimum atomic E-state index is 0. The maximum Gasteiger partial charge on any atom is 0.191 e. The Morgan fingerprint density at radius 3 is 2.43 bits per heavy atom. The molecule has 28 heavy (non-hydrogen) atoms. The van der Waals surface area contributed by atoms with E-state index in [1.165, 1.54) is 16.9 Å². The molecule has 0 saturated heterocycles. The van der Waals surface area contributed by atoms with Crippen molar-refractivity contribution in [2.24, 2.45) is 12.0 Å². The van der Waals surface area contributed by atoms with E-state index in [0.717, 1.165) is 44.3 Å². The molecule has 0 radical (unpaired) electrons. The summed E-state index contributed by atoms with van der Waals surface area (Å²) < 4.78 is 1.92. The molecule has 0 aliphatic carbocycles. The van der Waals surface area contributed by atoms with Gasteiger partial charge in [0, 0.05) is 50.2 Å². The number of aliphatic imine (C=N–C) groups is 1. The normalized spacial score (nSPS) is 11.1. The van der Waals surface area contributed by atoms with Crippen LogP contribution in [0.4, 0.5) is 5.69 Å². The van der Waals surface area contributed by atoms with Crippen molar-refractivity contribution in [1.82, 2.24) is 20.4 Å². The molecular weight excluding hydrogens is 463 g/mol. The summed E-state index contributed by atoms with van der Waals surface area (Å²) in [5, 5.41) is 11.3. The molecule has 156 valence electrons. The second-order valence-corrected chi connectivity index (χ2v) is 6.66. The van der Waals surface area contributed by atoms with E-state index in [2.05, 4.69) is 71.7 Å². The first-order chi connectivity index (χ1) is 13.1. The van der Waals surface area contributed by atoms with E-state index in [1.54, 1.807) is 0 Å². The third kappa shape index (κ3) is 7.00. The van der Waals surface area contributed by atoms with Gasteiger partial charge in [-0.2, -0.15) is 5.10 Å². The van der Waals surface area contributed by atoms with Gasteiger partial charge in [0.1, 0.15) is 0 Å². The van der Waals surface area contributed by atoms with Gasteiger partial charge in [-0.3, -0.25) is 4.68 Å². The summed E-state index contributed by atoms with van der Waals surface area (Å²) in [5.74, 6) is 0.864. The van der Waals surface area contributed by atoms with Crippen molar-refractivity contribution >= 4 is 35.6 Å². The summed E-state index contributed by atoms with van der Waals surface area (Å²) in [6.45, 7) is 12.8. The molecule has 0 aliphatic heterocycles. The van der Waals surface area contributed by atoms with Crippen molar-refractivity contribution in [3.63, 3.8) is 0 Å². The molecule has 2 N–H and O–H groups in total. The zero-order valence-electron chi connectivity index (χ0n) is 17.8. The highest BCUT2D eigenvalue weighted by Crippen LogP contribution is 2.13. The van der Waals surface area contributed by atoms with E-state index in [0.29, 0.717) is 6.54 Å². The largest absolute Gasteiger partial charge is 0.372 e. The molecule has 2 rings (SSSR count). The molecule has 0 amide bonds. The highest BCUT2D eigenvalue weighted by Gasteiger charge is 2.09. The van der Waals surface area contributed by atoms with Gasteiger partial charge in [-0.25, -0.2) is 4.99 Å². The Balaban J connectivity index is 0.00000392. The SMILES string of the molecule is CCNC(=NCc1c(C)nn(C)c1C)NCCCN(CC)c1ccccc1.I. The van der Waals surface area contributed by atoms with Gasteiger partial charge >= 0.3 is 0 Å². The number of guanidine groups is 1. The topological polar surface area (TPSA) is 57.5 Å². The molecule has 0 aliphatic rings. The molecule has 0 bridgehead atoms. The van der Waals surface area contributed by atoms with Gasteiger partial charge in [-0.1, -0.05) is 18.2 Å². The number of aromatic nitrogens is 2. The van der Waals surface area contributed by atoms with Gasteiger partial charge in [-0.15, -0.1) is 24.0 Å². The van der Waals surface area contributed by atoms with Crippen LogP contribution >= 0.6 is 24.0 Å². The van der Waals surface area contributed by atoms with Crippen LogP contribution in [-0.2, 0) is 13.6 Å².